The van der Waals surface area contributed by atoms with E-state index in [2.05, 4.69) is 5.32 Å². The van der Waals surface area contributed by atoms with E-state index < -0.39 is 11.6 Å². The third-order valence-electron chi connectivity index (χ3n) is 4.29. The second-order valence-corrected chi connectivity index (χ2v) is 5.59. The maximum atomic E-state index is 14.2. The summed E-state index contributed by atoms with van der Waals surface area (Å²) >= 11 is 0. The van der Waals surface area contributed by atoms with Crippen molar-refractivity contribution in [1.29, 1.82) is 0 Å². The fourth-order valence-corrected chi connectivity index (χ4v) is 3.26. The smallest absolute Gasteiger partial charge is 0.318 e. The van der Waals surface area contributed by atoms with Crippen molar-refractivity contribution in [3.63, 3.8) is 0 Å². The molecule has 1 aromatic carbocycles. The molecule has 0 spiro atoms. The maximum absolute atomic E-state index is 14.2. The summed E-state index contributed by atoms with van der Waals surface area (Å²) in [7, 11) is 0. The molecule has 2 aliphatic heterocycles. The van der Waals surface area contributed by atoms with Gasteiger partial charge in [0.25, 0.3) is 0 Å². The van der Waals surface area contributed by atoms with Crippen molar-refractivity contribution in [2.45, 2.75) is 25.9 Å². The summed E-state index contributed by atoms with van der Waals surface area (Å²) in [5.74, 6) is -0.972. The Hall–Kier alpha value is -2.43. The molecule has 0 saturated carbocycles. The average molecular weight is 316 g/mol. The number of nitrogens with zero attached hydrogens (tertiary/aromatic N) is 1. The monoisotopic (exact) mass is 316 g/mol. The van der Waals surface area contributed by atoms with Crippen molar-refractivity contribution in [2.75, 3.05) is 6.54 Å². The predicted octanol–water partition coefficient (Wildman–Crippen LogP) is 3.65. The number of carbonyl (C=O) groups is 1. The molecule has 0 bridgehead atoms. The molecular weight excluding hydrogens is 298 g/mol. The number of rotatable bonds is 3. The van der Waals surface area contributed by atoms with E-state index in [-0.39, 0.29) is 23.7 Å². The SMILES string of the molecule is C/C=C\C(=C/C)C1C=C(c2cc(F)ccc2F)C2CNC(=O)N21. The molecule has 0 radical (unpaired) electrons. The van der Waals surface area contributed by atoms with Gasteiger partial charge in [0.05, 0.1) is 12.1 Å². The number of urea groups is 1. The summed E-state index contributed by atoms with van der Waals surface area (Å²) < 4.78 is 27.7. The second-order valence-electron chi connectivity index (χ2n) is 5.59. The van der Waals surface area contributed by atoms with Crippen LogP contribution in [0.15, 0.2) is 48.1 Å². The zero-order chi connectivity index (χ0) is 16.6. The van der Waals surface area contributed by atoms with Crippen molar-refractivity contribution in [3.05, 3.63) is 65.3 Å². The highest BCUT2D eigenvalue weighted by Gasteiger charge is 2.44. The Morgan fingerprint density at radius 2 is 2.13 bits per heavy atom. The topological polar surface area (TPSA) is 32.3 Å². The molecule has 1 fully saturated rings. The van der Waals surface area contributed by atoms with E-state index in [0.717, 1.165) is 17.7 Å². The van der Waals surface area contributed by atoms with E-state index in [9.17, 15) is 13.6 Å². The van der Waals surface area contributed by atoms with Gasteiger partial charge in [0.15, 0.2) is 0 Å². The molecule has 120 valence electrons. The van der Waals surface area contributed by atoms with Crippen molar-refractivity contribution in [2.24, 2.45) is 0 Å². The zero-order valence-electron chi connectivity index (χ0n) is 13.0. The van der Waals surface area contributed by atoms with Crippen LogP contribution < -0.4 is 5.32 Å². The highest BCUT2D eigenvalue weighted by atomic mass is 19.1. The number of amides is 2. The van der Waals surface area contributed by atoms with Gasteiger partial charge >= 0.3 is 6.03 Å². The Balaban J connectivity index is 2.10. The molecule has 1 aromatic rings. The van der Waals surface area contributed by atoms with Gasteiger partial charge in [-0.1, -0.05) is 24.3 Å². The lowest BCUT2D eigenvalue weighted by Crippen LogP contribution is -2.38. The first-order chi connectivity index (χ1) is 11.1. The summed E-state index contributed by atoms with van der Waals surface area (Å²) in [5, 5.41) is 2.79. The fraction of sp³-hybridized carbons (Fsp3) is 0.278. The third kappa shape index (κ3) is 2.56. The molecule has 2 atom stereocenters. The zero-order valence-corrected chi connectivity index (χ0v) is 13.0. The van der Waals surface area contributed by atoms with Crippen LogP contribution in [-0.4, -0.2) is 29.6 Å². The van der Waals surface area contributed by atoms with E-state index >= 15 is 0 Å². The number of hydrogen-bond acceptors (Lipinski definition) is 1. The normalized spacial score (nSPS) is 24.2. The van der Waals surface area contributed by atoms with Gasteiger partial charge in [-0.2, -0.15) is 0 Å². The molecule has 2 amide bonds. The molecule has 5 heteroatoms. The number of carbonyl (C=O) groups excluding carboxylic acids is 1. The minimum Gasteiger partial charge on any atom is -0.336 e. The number of fused-ring (bicyclic) bond motifs is 1. The van der Waals surface area contributed by atoms with E-state index in [4.69, 9.17) is 0 Å². The van der Waals surface area contributed by atoms with Gasteiger partial charge in [0, 0.05) is 12.1 Å². The molecule has 23 heavy (non-hydrogen) atoms. The van der Waals surface area contributed by atoms with Gasteiger partial charge in [-0.05, 0) is 43.2 Å². The Morgan fingerprint density at radius 3 is 2.83 bits per heavy atom. The Morgan fingerprint density at radius 1 is 1.35 bits per heavy atom. The molecule has 2 unspecified atom stereocenters. The molecule has 3 nitrogen and oxygen atoms in total. The van der Waals surface area contributed by atoms with Gasteiger partial charge in [0.1, 0.15) is 11.6 Å². The van der Waals surface area contributed by atoms with Crippen molar-refractivity contribution in [3.8, 4) is 0 Å². The molecule has 3 rings (SSSR count). The molecular formula is C18H18F2N2O. The lowest BCUT2D eigenvalue weighted by atomic mass is 9.98. The summed E-state index contributed by atoms with van der Waals surface area (Å²) in [5.41, 5.74) is 1.81. The molecule has 2 heterocycles. The number of nitrogens with one attached hydrogen (secondary N) is 1. The number of halogens is 2. The van der Waals surface area contributed by atoms with Crippen LogP contribution in [0.2, 0.25) is 0 Å². The largest absolute Gasteiger partial charge is 0.336 e. The first-order valence-corrected chi connectivity index (χ1v) is 7.59. The first kappa shape index (κ1) is 15.5. The van der Waals surface area contributed by atoms with Crippen LogP contribution in [0.5, 0.6) is 0 Å². The maximum Gasteiger partial charge on any atom is 0.318 e. The lowest BCUT2D eigenvalue weighted by molar-refractivity contribution is 0.210. The van der Waals surface area contributed by atoms with Crippen LogP contribution >= 0.6 is 0 Å². The quantitative estimate of drug-likeness (QED) is 0.848. The van der Waals surface area contributed by atoms with Gasteiger partial charge in [-0.3, -0.25) is 0 Å². The van der Waals surface area contributed by atoms with E-state index in [1.54, 1.807) is 4.90 Å². The molecule has 0 aromatic heterocycles. The number of benzene rings is 1. The summed E-state index contributed by atoms with van der Waals surface area (Å²) in [6.45, 7) is 4.19. The standard InChI is InChI=1S/C18H18F2N2O/c1-3-5-11(4-2)16-9-14(17-10-21-18(23)22(16)17)13-8-12(19)6-7-15(13)20/h3-9,16-17H,10H2,1-2H3,(H,21,23)/b5-3-,11-4+. The van der Waals surface area contributed by atoms with Gasteiger partial charge in [-0.15, -0.1) is 0 Å². The van der Waals surface area contributed by atoms with Crippen LogP contribution in [0.3, 0.4) is 0 Å². The average Bonchev–Trinajstić information content (AvgIpc) is 3.09. The highest BCUT2D eigenvalue weighted by molar-refractivity contribution is 5.87. The highest BCUT2D eigenvalue weighted by Crippen LogP contribution is 2.37. The Labute approximate surface area is 134 Å². The lowest BCUT2D eigenvalue weighted by Gasteiger charge is -2.24. The fourth-order valence-electron chi connectivity index (χ4n) is 3.26. The van der Waals surface area contributed by atoms with Crippen molar-refractivity contribution >= 4 is 11.6 Å². The van der Waals surface area contributed by atoms with Crippen molar-refractivity contribution in [1.82, 2.24) is 10.2 Å². The van der Waals surface area contributed by atoms with E-state index in [1.807, 2.05) is 38.2 Å². The Bertz CT molecular complexity index is 737. The first-order valence-electron chi connectivity index (χ1n) is 7.59. The number of hydrogen-bond donors (Lipinski definition) is 1. The summed E-state index contributed by atoms with van der Waals surface area (Å²) in [6.07, 6.45) is 7.60. The molecule has 2 aliphatic rings. The van der Waals surface area contributed by atoms with Crippen LogP contribution in [0.4, 0.5) is 13.6 Å². The summed E-state index contributed by atoms with van der Waals surface area (Å²) in [4.78, 5) is 13.9. The molecule has 1 N–H and O–H groups in total. The van der Waals surface area contributed by atoms with Crippen LogP contribution in [0.25, 0.3) is 5.57 Å². The van der Waals surface area contributed by atoms with Crippen molar-refractivity contribution < 1.29 is 13.6 Å². The van der Waals surface area contributed by atoms with Crippen LogP contribution in [-0.2, 0) is 0 Å². The minimum atomic E-state index is -0.491. The third-order valence-corrected chi connectivity index (χ3v) is 4.29. The second kappa shape index (κ2) is 5.99. The van der Waals surface area contributed by atoms with Crippen LogP contribution in [0, 0.1) is 11.6 Å². The molecule has 1 saturated heterocycles. The summed E-state index contributed by atoms with van der Waals surface area (Å²) in [6, 6.07) is 2.65. The van der Waals surface area contributed by atoms with Gasteiger partial charge < -0.3 is 10.2 Å². The van der Waals surface area contributed by atoms with E-state index in [0.29, 0.717) is 12.1 Å². The van der Waals surface area contributed by atoms with Gasteiger partial charge in [0.2, 0.25) is 0 Å². The van der Waals surface area contributed by atoms with Gasteiger partial charge in [-0.25, -0.2) is 13.6 Å². The minimum absolute atomic E-state index is 0.188. The number of allylic oxidation sites excluding steroid dienone is 2. The molecule has 0 aliphatic carbocycles. The van der Waals surface area contributed by atoms with E-state index in [1.165, 1.54) is 6.07 Å². The Kier molecular flexibility index (Phi) is 4.03. The predicted molar refractivity (Wildman–Crippen MR) is 85.7 cm³/mol. The van der Waals surface area contributed by atoms with Crippen LogP contribution in [0.1, 0.15) is 19.4 Å².